The molecule has 7 aromatic rings. The molecule has 0 saturated heterocycles. The maximum atomic E-state index is 13.2. The van der Waals surface area contributed by atoms with Crippen LogP contribution in [0.3, 0.4) is 0 Å². The number of hydrogen-bond acceptors (Lipinski definition) is 6. The zero-order valence-electron chi connectivity index (χ0n) is 23.6. The number of carbonyl (C=O) groups excluding carboxylic acids is 2. The third-order valence-corrected chi connectivity index (χ3v) is 8.94. The maximum absolute atomic E-state index is 13.2. The lowest BCUT2D eigenvalue weighted by Gasteiger charge is -2.07. The van der Waals surface area contributed by atoms with Gasteiger partial charge >= 0.3 is 0 Å². The van der Waals surface area contributed by atoms with Gasteiger partial charge in [-0.05, 0) is 54.4 Å². The smallest absolute Gasteiger partial charge is 0.269 e. The van der Waals surface area contributed by atoms with Gasteiger partial charge in [0.2, 0.25) is 0 Å². The molecule has 0 radical (unpaired) electrons. The van der Waals surface area contributed by atoms with Gasteiger partial charge in [0.05, 0.1) is 4.90 Å². The predicted molar refractivity (Wildman–Crippen MR) is 171 cm³/mol. The third kappa shape index (κ3) is 5.44. The number of nitrogens with one attached hydrogen (secondary N) is 1. The summed E-state index contributed by atoms with van der Waals surface area (Å²) < 4.78 is 27.6. The van der Waals surface area contributed by atoms with Crippen molar-refractivity contribution in [3.8, 4) is 22.3 Å². The Morgan fingerprint density at radius 1 is 0.682 bits per heavy atom. The third-order valence-electron chi connectivity index (χ3n) is 7.28. The van der Waals surface area contributed by atoms with Crippen LogP contribution in [-0.4, -0.2) is 39.9 Å². The van der Waals surface area contributed by atoms with E-state index in [1.165, 1.54) is 3.97 Å². The summed E-state index contributed by atoms with van der Waals surface area (Å²) in [5, 5.41) is 1.82. The Labute approximate surface area is 253 Å². The van der Waals surface area contributed by atoms with Gasteiger partial charge in [0.25, 0.3) is 10.0 Å². The average molecular weight is 599 g/mol. The highest BCUT2D eigenvalue weighted by Gasteiger charge is 2.22. The number of aromatic nitrogens is 4. The van der Waals surface area contributed by atoms with E-state index in [-0.39, 0.29) is 4.90 Å². The molecule has 4 heterocycles. The molecule has 7 rings (SSSR count). The first-order chi connectivity index (χ1) is 21.4. The summed E-state index contributed by atoms with van der Waals surface area (Å²) in [6.07, 6.45) is 8.48. The summed E-state index contributed by atoms with van der Waals surface area (Å²) in [6.45, 7) is 1.91. The van der Waals surface area contributed by atoms with E-state index in [2.05, 4.69) is 15.0 Å². The van der Waals surface area contributed by atoms with E-state index in [0.717, 1.165) is 56.8 Å². The lowest BCUT2D eigenvalue weighted by atomic mass is 10.0. The molecular weight excluding hydrogens is 572 g/mol. The van der Waals surface area contributed by atoms with Crippen LogP contribution in [0, 0.1) is 6.92 Å². The van der Waals surface area contributed by atoms with E-state index < -0.39 is 10.0 Å². The molecule has 44 heavy (non-hydrogen) atoms. The minimum atomic E-state index is -3.78. The minimum Gasteiger partial charge on any atom is -0.346 e. The number of fused-ring (bicyclic) bond motifs is 2. The molecule has 4 aromatic heterocycles. The highest BCUT2D eigenvalue weighted by molar-refractivity contribution is 7.90. The predicted octanol–water partition coefficient (Wildman–Crippen LogP) is 7.10. The van der Waals surface area contributed by atoms with Gasteiger partial charge in [-0.3, -0.25) is 9.59 Å². The molecule has 8 nitrogen and oxygen atoms in total. The van der Waals surface area contributed by atoms with Crippen LogP contribution in [0.1, 0.15) is 26.3 Å². The number of aromatic amines is 1. The van der Waals surface area contributed by atoms with E-state index >= 15 is 0 Å². The fourth-order valence-electron chi connectivity index (χ4n) is 4.95. The van der Waals surface area contributed by atoms with Gasteiger partial charge in [0.15, 0.2) is 5.65 Å². The molecule has 0 aliphatic rings. The van der Waals surface area contributed by atoms with Crippen molar-refractivity contribution in [2.45, 2.75) is 11.8 Å². The first-order valence-electron chi connectivity index (χ1n) is 13.7. The number of carbonyl (C=O) groups is 2. The van der Waals surface area contributed by atoms with E-state index in [1.54, 1.807) is 73.2 Å². The molecule has 9 heteroatoms. The summed E-state index contributed by atoms with van der Waals surface area (Å²) in [5.74, 6) is 0. The summed E-state index contributed by atoms with van der Waals surface area (Å²) in [5.41, 5.74) is 7.22. The Balaban J connectivity index is 0.000000173. The molecule has 0 unspecified atom stereocenters. The fraction of sp³-hybridized carbons (Fsp3) is 0.0286. The van der Waals surface area contributed by atoms with Gasteiger partial charge in [0, 0.05) is 57.8 Å². The quantitative estimate of drug-likeness (QED) is 0.204. The first kappa shape index (κ1) is 28.4. The van der Waals surface area contributed by atoms with Crippen molar-refractivity contribution < 1.29 is 18.0 Å². The lowest BCUT2D eigenvalue weighted by Crippen LogP contribution is -2.12. The van der Waals surface area contributed by atoms with E-state index in [1.807, 2.05) is 55.6 Å². The SMILES string of the molecule is Cc1ccc(S(=O)(=O)n2cc(-c3ccc(C=O)cc3)c3cccnc32)cc1.O=Cc1ccc(-c2c[nH]c3ncccc23)cc1. The number of H-pyrrole nitrogens is 1. The van der Waals surface area contributed by atoms with Crippen molar-refractivity contribution >= 4 is 44.7 Å². The summed E-state index contributed by atoms with van der Waals surface area (Å²) in [7, 11) is -3.78. The zero-order chi connectivity index (χ0) is 30.7. The number of pyridine rings is 2. The highest BCUT2D eigenvalue weighted by Crippen LogP contribution is 2.32. The van der Waals surface area contributed by atoms with Crippen LogP contribution in [0.4, 0.5) is 0 Å². The molecule has 0 spiro atoms. The van der Waals surface area contributed by atoms with Gasteiger partial charge in [-0.25, -0.2) is 22.4 Å². The normalized spacial score (nSPS) is 11.2. The van der Waals surface area contributed by atoms with Crippen molar-refractivity contribution in [3.63, 3.8) is 0 Å². The minimum absolute atomic E-state index is 0.207. The first-order valence-corrected chi connectivity index (χ1v) is 15.1. The monoisotopic (exact) mass is 598 g/mol. The van der Waals surface area contributed by atoms with Gasteiger partial charge in [-0.15, -0.1) is 0 Å². The molecule has 0 aliphatic carbocycles. The number of nitrogens with zero attached hydrogens (tertiary/aromatic N) is 3. The number of benzene rings is 3. The molecule has 3 aromatic carbocycles. The Bertz CT molecular complexity index is 2220. The average Bonchev–Trinajstić information content (AvgIpc) is 3.68. The van der Waals surface area contributed by atoms with Crippen LogP contribution in [0.15, 0.2) is 127 Å². The van der Waals surface area contributed by atoms with Gasteiger partial charge in [-0.2, -0.15) is 0 Å². The number of hydrogen-bond donors (Lipinski definition) is 1. The van der Waals surface area contributed by atoms with Crippen molar-refractivity contribution in [3.05, 3.63) is 139 Å². The van der Waals surface area contributed by atoms with Crippen LogP contribution in [0.5, 0.6) is 0 Å². The topological polar surface area (TPSA) is 115 Å². The number of rotatable bonds is 6. The van der Waals surface area contributed by atoms with Crippen molar-refractivity contribution in [2.24, 2.45) is 0 Å². The number of aryl methyl sites for hydroxylation is 1. The summed E-state index contributed by atoms with van der Waals surface area (Å²) >= 11 is 0. The van der Waals surface area contributed by atoms with Gasteiger partial charge in [0.1, 0.15) is 18.2 Å². The van der Waals surface area contributed by atoms with Crippen LogP contribution in [0.2, 0.25) is 0 Å². The molecule has 0 bridgehead atoms. The Morgan fingerprint density at radius 2 is 1.25 bits per heavy atom. The highest BCUT2D eigenvalue weighted by atomic mass is 32.2. The zero-order valence-corrected chi connectivity index (χ0v) is 24.4. The Kier molecular flexibility index (Phi) is 7.70. The largest absolute Gasteiger partial charge is 0.346 e. The van der Waals surface area contributed by atoms with E-state index in [9.17, 15) is 18.0 Å². The van der Waals surface area contributed by atoms with Crippen molar-refractivity contribution in [2.75, 3.05) is 0 Å². The fourth-order valence-corrected chi connectivity index (χ4v) is 6.27. The van der Waals surface area contributed by atoms with Crippen LogP contribution < -0.4 is 0 Å². The van der Waals surface area contributed by atoms with Gasteiger partial charge < -0.3 is 4.98 Å². The second-order valence-corrected chi connectivity index (χ2v) is 11.9. The van der Waals surface area contributed by atoms with Crippen LogP contribution in [-0.2, 0) is 10.0 Å². The molecule has 0 saturated carbocycles. The van der Waals surface area contributed by atoms with E-state index in [0.29, 0.717) is 16.8 Å². The van der Waals surface area contributed by atoms with Crippen LogP contribution >= 0.6 is 0 Å². The number of aldehydes is 2. The molecule has 1 N–H and O–H groups in total. The molecule has 0 fully saturated rings. The van der Waals surface area contributed by atoms with Crippen molar-refractivity contribution in [1.82, 2.24) is 18.9 Å². The summed E-state index contributed by atoms with van der Waals surface area (Å²) in [6, 6.07) is 28.8. The lowest BCUT2D eigenvalue weighted by molar-refractivity contribution is 0.111. The second kappa shape index (κ2) is 11.9. The second-order valence-electron chi connectivity index (χ2n) is 10.1. The van der Waals surface area contributed by atoms with Gasteiger partial charge in [-0.1, -0.05) is 66.2 Å². The molecular formula is C35H26N4O4S. The molecule has 0 amide bonds. The maximum Gasteiger partial charge on any atom is 0.269 e. The molecule has 0 atom stereocenters. The Hall–Kier alpha value is -5.67. The van der Waals surface area contributed by atoms with Crippen LogP contribution in [0.25, 0.3) is 44.3 Å². The van der Waals surface area contributed by atoms with Crippen molar-refractivity contribution in [1.29, 1.82) is 0 Å². The molecule has 216 valence electrons. The Morgan fingerprint density at radius 3 is 1.86 bits per heavy atom. The van der Waals surface area contributed by atoms with E-state index in [4.69, 9.17) is 0 Å². The molecule has 0 aliphatic heterocycles. The summed E-state index contributed by atoms with van der Waals surface area (Å²) in [4.78, 5) is 33.4. The standard InChI is InChI=1S/C21H16N2O3S.C14H10N2O/c1-15-4-10-18(11-5-15)27(25,26)23-13-20(19-3-2-12-22-21(19)23)17-8-6-16(14-24)7-9-17;17-9-10-3-5-11(6-4-10)13-8-16-14-12(13)2-1-7-15-14/h2-14H,1H3;1-9H,(H,15,16).